The van der Waals surface area contributed by atoms with E-state index in [1.165, 1.54) is 231 Å². The van der Waals surface area contributed by atoms with Gasteiger partial charge in [0.15, 0.2) is 0 Å². The normalized spacial score (nSPS) is 12.6. The fourth-order valence-electron chi connectivity index (χ4n) is 8.77. The van der Waals surface area contributed by atoms with Crippen LogP contribution in [0.4, 0.5) is 0 Å². The number of rotatable bonds is 54. The van der Waals surface area contributed by atoms with Gasteiger partial charge < -0.3 is 29.7 Å². The minimum atomic E-state index is -0.947. The van der Waals surface area contributed by atoms with Gasteiger partial charge in [-0.1, -0.05) is 250 Å². The second-order valence-corrected chi connectivity index (χ2v) is 21.9. The van der Waals surface area contributed by atoms with Crippen LogP contribution in [0.3, 0.4) is 0 Å². The SMILES string of the molecule is CCCCCCCCC=CCCCCCCCCC(CS)C(=O)[O-].CCCCCCCCC=CCCCCCCCCC(CS)C(=O)[O-].CCCCCCCCC=CCCCCCCCCC(CS)C(=O)[O-].[Sb+3]. The molecule has 0 aromatic heterocycles. The largest absolute Gasteiger partial charge is 3.00 e. The molecule has 10 heteroatoms. The molecule has 0 aliphatic heterocycles. The molecule has 0 aromatic carbocycles. The molecule has 0 rings (SSSR count). The van der Waals surface area contributed by atoms with Crippen LogP contribution in [0.1, 0.15) is 310 Å². The number of thiol groups is 3. The summed E-state index contributed by atoms with van der Waals surface area (Å²) in [4.78, 5) is 32.3. The number of carboxylic acids is 3. The van der Waals surface area contributed by atoms with Gasteiger partial charge in [0, 0.05) is 35.7 Å². The fourth-order valence-corrected chi connectivity index (χ4v) is 9.76. The molecular weight excluding hydrogens is 1070 g/mol. The van der Waals surface area contributed by atoms with E-state index in [2.05, 4.69) is 95.1 Å². The van der Waals surface area contributed by atoms with Crippen molar-refractivity contribution >= 4 is 80.2 Å². The van der Waals surface area contributed by atoms with Crippen LogP contribution < -0.4 is 15.3 Å². The Kier molecular flexibility index (Phi) is 75.2. The van der Waals surface area contributed by atoms with Gasteiger partial charge in [0.1, 0.15) is 0 Å². The molecule has 2 radical (unpaired) electrons. The van der Waals surface area contributed by atoms with E-state index in [4.69, 9.17) is 0 Å². The smallest absolute Gasteiger partial charge is 0.550 e. The maximum absolute atomic E-state index is 10.8. The van der Waals surface area contributed by atoms with Crippen molar-refractivity contribution in [3.8, 4) is 0 Å². The number of hydrogen-bond donors (Lipinski definition) is 3. The number of carboxylic acid groups (broad SMARTS) is 3. The van der Waals surface area contributed by atoms with E-state index in [0.717, 1.165) is 38.5 Å². The summed E-state index contributed by atoms with van der Waals surface area (Å²) in [7, 11) is 0. The average molecular weight is 1190 g/mol. The van der Waals surface area contributed by atoms with Crippen molar-refractivity contribution in [1.82, 2.24) is 0 Å². The van der Waals surface area contributed by atoms with Gasteiger partial charge >= 0.3 is 24.4 Å². The molecule has 3 unspecified atom stereocenters. The van der Waals surface area contributed by atoms with E-state index < -0.39 is 17.9 Å². The summed E-state index contributed by atoms with van der Waals surface area (Å²) in [6, 6.07) is 0. The minimum absolute atomic E-state index is 0. The maximum atomic E-state index is 10.8. The molecule has 428 valence electrons. The van der Waals surface area contributed by atoms with Gasteiger partial charge in [-0.25, -0.2) is 0 Å². The van der Waals surface area contributed by atoms with Crippen molar-refractivity contribution in [2.24, 2.45) is 17.8 Å². The van der Waals surface area contributed by atoms with Gasteiger partial charge in [0.05, 0.1) is 0 Å². The average Bonchev–Trinajstić information content (AvgIpc) is 3.37. The quantitative estimate of drug-likeness (QED) is 0.0241. The van der Waals surface area contributed by atoms with Crippen LogP contribution >= 0.6 is 37.9 Å². The predicted molar refractivity (Wildman–Crippen MR) is 325 cm³/mol. The van der Waals surface area contributed by atoms with Crippen LogP contribution in [-0.4, -0.2) is 59.6 Å². The van der Waals surface area contributed by atoms with Gasteiger partial charge in [-0.15, -0.1) is 0 Å². The third kappa shape index (κ3) is 67.6. The fraction of sp³-hybridized carbons (Fsp3) is 0.857. The standard InChI is InChI=1S/3C21H40O2S.Sb/c3*1-2-3-4-5-6-7-8-9-10-11-12-13-14-15-16-17-18-20(19-24)21(22)23;/h3*9-10,20,24H,2-8,11-19H2,1H3,(H,22,23);/q;;;+3/p-3. The number of allylic oxidation sites excluding steroid dienone is 6. The van der Waals surface area contributed by atoms with Gasteiger partial charge in [0.25, 0.3) is 0 Å². The summed E-state index contributed by atoms with van der Waals surface area (Å²) in [5, 5.41) is 32.3. The first kappa shape index (κ1) is 79.0. The zero-order chi connectivity index (χ0) is 53.6. The number of hydrogen-bond acceptors (Lipinski definition) is 9. The van der Waals surface area contributed by atoms with Crippen LogP contribution in [0, 0.1) is 17.8 Å². The number of carbonyl (C=O) groups is 3. The Morgan fingerprint density at radius 1 is 0.288 bits per heavy atom. The number of aliphatic carboxylic acids is 3. The number of carbonyl (C=O) groups excluding carboxylic acids is 3. The third-order valence-electron chi connectivity index (χ3n) is 13.9. The summed E-state index contributed by atoms with van der Waals surface area (Å²) in [5.74, 6) is -2.76. The molecule has 0 saturated carbocycles. The van der Waals surface area contributed by atoms with E-state index in [1.54, 1.807) is 0 Å². The Balaban J connectivity index is -0.000000486. The van der Waals surface area contributed by atoms with E-state index in [-0.39, 0.29) is 42.2 Å². The Morgan fingerprint density at radius 2 is 0.438 bits per heavy atom. The second kappa shape index (κ2) is 69.5. The third-order valence-corrected chi connectivity index (χ3v) is 15.2. The van der Waals surface area contributed by atoms with Crippen LogP contribution in [-0.2, 0) is 14.4 Å². The monoisotopic (exact) mass is 1190 g/mol. The molecule has 0 aliphatic carbocycles. The second-order valence-electron chi connectivity index (χ2n) is 20.8. The van der Waals surface area contributed by atoms with E-state index in [9.17, 15) is 29.7 Å². The van der Waals surface area contributed by atoms with Gasteiger partial charge in [-0.3, -0.25) is 0 Å². The van der Waals surface area contributed by atoms with Crippen molar-refractivity contribution < 1.29 is 29.7 Å². The first-order valence-corrected chi connectivity index (χ1v) is 32.5. The van der Waals surface area contributed by atoms with E-state index >= 15 is 0 Å². The molecule has 0 aliphatic rings. The molecule has 0 fully saturated rings. The molecule has 73 heavy (non-hydrogen) atoms. The molecule has 0 aromatic rings. The summed E-state index contributed by atoms with van der Waals surface area (Å²) >= 11 is 12.2. The van der Waals surface area contributed by atoms with Crippen LogP contribution in [0.5, 0.6) is 0 Å². The van der Waals surface area contributed by atoms with Crippen LogP contribution in [0.15, 0.2) is 36.5 Å². The van der Waals surface area contributed by atoms with E-state index in [0.29, 0.717) is 36.5 Å². The van der Waals surface area contributed by atoms with Crippen molar-refractivity contribution in [3.63, 3.8) is 0 Å². The zero-order valence-electron chi connectivity index (χ0n) is 47.9. The summed E-state index contributed by atoms with van der Waals surface area (Å²) in [5.41, 5.74) is 0. The van der Waals surface area contributed by atoms with Crippen molar-refractivity contribution in [2.75, 3.05) is 17.3 Å². The Morgan fingerprint density at radius 3 is 0.589 bits per heavy atom. The van der Waals surface area contributed by atoms with Crippen molar-refractivity contribution in [3.05, 3.63) is 36.5 Å². The minimum Gasteiger partial charge on any atom is -0.550 e. The Bertz CT molecular complexity index is 1060. The van der Waals surface area contributed by atoms with Gasteiger partial charge in [-0.05, 0) is 114 Å². The topological polar surface area (TPSA) is 120 Å². The zero-order valence-corrected chi connectivity index (χ0v) is 53.1. The summed E-state index contributed by atoms with van der Waals surface area (Å²) in [6.07, 6.45) is 69.9. The van der Waals surface area contributed by atoms with Crippen molar-refractivity contribution in [1.29, 1.82) is 0 Å². The van der Waals surface area contributed by atoms with Crippen LogP contribution in [0.2, 0.25) is 0 Å². The van der Waals surface area contributed by atoms with Crippen LogP contribution in [0.25, 0.3) is 0 Å². The number of unbranched alkanes of at least 4 members (excludes halogenated alkanes) is 36. The Labute approximate surface area is 487 Å². The summed E-state index contributed by atoms with van der Waals surface area (Å²) < 4.78 is 0. The van der Waals surface area contributed by atoms with Gasteiger partial charge in [0.2, 0.25) is 0 Å². The molecule has 0 amide bonds. The molecule has 0 spiro atoms. The molecule has 3 atom stereocenters. The first-order chi connectivity index (χ1) is 35.2. The van der Waals surface area contributed by atoms with Gasteiger partial charge in [-0.2, -0.15) is 37.9 Å². The molecule has 0 N–H and O–H groups in total. The maximum Gasteiger partial charge on any atom is 3.00 e. The molecule has 0 bridgehead atoms. The predicted octanol–water partition coefficient (Wildman–Crippen LogP) is 16.7. The first-order valence-electron chi connectivity index (χ1n) is 30.6. The summed E-state index contributed by atoms with van der Waals surface area (Å²) in [6.45, 7) is 6.79. The molecule has 6 nitrogen and oxygen atoms in total. The Hall–Kier alpha value is -0.502. The molecule has 0 saturated heterocycles. The van der Waals surface area contributed by atoms with E-state index in [1.807, 2.05) is 0 Å². The molecule has 0 heterocycles. The molecular formula is C63H117O6S3Sb. The van der Waals surface area contributed by atoms with Crippen molar-refractivity contribution in [2.45, 2.75) is 310 Å².